The maximum absolute atomic E-state index is 13.5. The summed E-state index contributed by atoms with van der Waals surface area (Å²) in [6.45, 7) is 4.06. The van der Waals surface area contributed by atoms with Crippen LogP contribution in [0.5, 0.6) is 0 Å². The van der Waals surface area contributed by atoms with Gasteiger partial charge < -0.3 is 14.5 Å². The Kier molecular flexibility index (Phi) is 5.47. The van der Waals surface area contributed by atoms with Crippen molar-refractivity contribution in [2.45, 2.75) is 18.9 Å². The zero-order valence-electron chi connectivity index (χ0n) is 17.6. The second-order valence-corrected chi connectivity index (χ2v) is 8.26. The molecule has 0 radical (unpaired) electrons. The highest BCUT2D eigenvalue weighted by Gasteiger charge is 2.43. The van der Waals surface area contributed by atoms with Gasteiger partial charge in [0.05, 0.1) is 18.2 Å². The van der Waals surface area contributed by atoms with Crippen molar-refractivity contribution in [3.05, 3.63) is 71.9 Å². The minimum absolute atomic E-state index is 0.0563. The third-order valence-corrected chi connectivity index (χ3v) is 6.33. The zero-order valence-corrected chi connectivity index (χ0v) is 17.6. The SMILES string of the molecule is O=C1C(c2ccccc2)=C(N2CCN(c3ccccc3)CC2)C(=O)N1CC1CCCO1. The fourth-order valence-electron chi connectivity index (χ4n) is 4.71. The number of carbonyl (C=O) groups is 2. The van der Waals surface area contributed by atoms with Crippen molar-refractivity contribution in [3.8, 4) is 0 Å². The van der Waals surface area contributed by atoms with E-state index in [1.165, 1.54) is 10.6 Å². The van der Waals surface area contributed by atoms with Gasteiger partial charge in [0.1, 0.15) is 5.70 Å². The summed E-state index contributed by atoms with van der Waals surface area (Å²) in [6.07, 6.45) is 1.82. The lowest BCUT2D eigenvalue weighted by molar-refractivity contribution is -0.139. The topological polar surface area (TPSA) is 53.1 Å². The van der Waals surface area contributed by atoms with E-state index in [-0.39, 0.29) is 17.9 Å². The van der Waals surface area contributed by atoms with Gasteiger partial charge in [-0.15, -0.1) is 0 Å². The average molecular weight is 418 g/mol. The maximum Gasteiger partial charge on any atom is 0.277 e. The van der Waals surface area contributed by atoms with E-state index in [1.54, 1.807) is 0 Å². The number of benzene rings is 2. The first-order chi connectivity index (χ1) is 15.2. The van der Waals surface area contributed by atoms with Crippen LogP contribution in [0, 0.1) is 0 Å². The van der Waals surface area contributed by atoms with E-state index in [0.717, 1.165) is 31.5 Å². The number of para-hydroxylation sites is 1. The van der Waals surface area contributed by atoms with Gasteiger partial charge in [-0.25, -0.2) is 0 Å². The van der Waals surface area contributed by atoms with E-state index >= 15 is 0 Å². The Hall–Kier alpha value is -3.12. The third kappa shape index (κ3) is 3.83. The van der Waals surface area contributed by atoms with Gasteiger partial charge in [-0.05, 0) is 30.5 Å². The van der Waals surface area contributed by atoms with E-state index in [4.69, 9.17) is 4.74 Å². The summed E-state index contributed by atoms with van der Waals surface area (Å²) in [5.74, 6) is -0.389. The molecule has 2 amide bonds. The Bertz CT molecular complexity index is 976. The number of hydrogen-bond acceptors (Lipinski definition) is 5. The summed E-state index contributed by atoms with van der Waals surface area (Å²) < 4.78 is 5.71. The van der Waals surface area contributed by atoms with Gasteiger partial charge in [-0.2, -0.15) is 0 Å². The van der Waals surface area contributed by atoms with Gasteiger partial charge in [0.15, 0.2) is 0 Å². The van der Waals surface area contributed by atoms with Crippen LogP contribution < -0.4 is 4.90 Å². The highest BCUT2D eigenvalue weighted by atomic mass is 16.5. The number of imide groups is 1. The minimum Gasteiger partial charge on any atom is -0.376 e. The molecule has 0 aromatic heterocycles. The maximum atomic E-state index is 13.5. The van der Waals surface area contributed by atoms with Crippen LogP contribution in [0.25, 0.3) is 5.57 Å². The van der Waals surface area contributed by atoms with Crippen LogP contribution in [0.3, 0.4) is 0 Å². The number of hydrogen-bond donors (Lipinski definition) is 0. The number of rotatable bonds is 5. The van der Waals surface area contributed by atoms with Crippen molar-refractivity contribution in [3.63, 3.8) is 0 Å². The molecular formula is C25H27N3O3. The van der Waals surface area contributed by atoms with Crippen molar-refractivity contribution >= 4 is 23.1 Å². The highest BCUT2D eigenvalue weighted by Crippen LogP contribution is 2.33. The summed E-state index contributed by atoms with van der Waals surface area (Å²) in [4.78, 5) is 32.7. The molecule has 2 aromatic rings. The Morgan fingerprint density at radius 1 is 0.806 bits per heavy atom. The second kappa shape index (κ2) is 8.55. The normalized spacial score (nSPS) is 22.1. The van der Waals surface area contributed by atoms with Gasteiger partial charge in [0, 0.05) is 38.5 Å². The van der Waals surface area contributed by atoms with E-state index in [1.807, 2.05) is 48.5 Å². The Morgan fingerprint density at radius 3 is 2.10 bits per heavy atom. The summed E-state index contributed by atoms with van der Waals surface area (Å²) in [7, 11) is 0. The summed E-state index contributed by atoms with van der Waals surface area (Å²) in [5.41, 5.74) is 3.06. The Morgan fingerprint density at radius 2 is 1.45 bits per heavy atom. The van der Waals surface area contributed by atoms with E-state index in [9.17, 15) is 9.59 Å². The molecule has 0 aliphatic carbocycles. The van der Waals surface area contributed by atoms with Crippen LogP contribution in [0.15, 0.2) is 66.4 Å². The molecule has 0 bridgehead atoms. The van der Waals surface area contributed by atoms with E-state index in [0.29, 0.717) is 37.5 Å². The molecule has 3 heterocycles. The molecule has 2 aromatic carbocycles. The van der Waals surface area contributed by atoms with Gasteiger partial charge in [0.25, 0.3) is 11.8 Å². The monoisotopic (exact) mass is 417 g/mol. The molecule has 3 aliphatic rings. The van der Waals surface area contributed by atoms with Gasteiger partial charge in [0.2, 0.25) is 0 Å². The van der Waals surface area contributed by atoms with Crippen molar-refractivity contribution < 1.29 is 14.3 Å². The first-order valence-corrected chi connectivity index (χ1v) is 11.0. The van der Waals surface area contributed by atoms with Crippen LogP contribution >= 0.6 is 0 Å². The van der Waals surface area contributed by atoms with Crippen LogP contribution in [0.4, 0.5) is 5.69 Å². The van der Waals surface area contributed by atoms with Crippen LogP contribution in [0.1, 0.15) is 18.4 Å². The Labute approximate surface area is 182 Å². The molecule has 31 heavy (non-hydrogen) atoms. The molecule has 6 nitrogen and oxygen atoms in total. The first-order valence-electron chi connectivity index (χ1n) is 11.0. The standard InChI is InChI=1S/C25H27N3O3/c29-24-22(19-8-3-1-4-9-19)23(25(30)28(24)18-21-12-7-17-31-21)27-15-13-26(14-16-27)20-10-5-2-6-11-20/h1-6,8-11,21H,7,12-18H2. The number of piperazine rings is 1. The molecule has 0 saturated carbocycles. The van der Waals surface area contributed by atoms with Gasteiger partial charge >= 0.3 is 0 Å². The average Bonchev–Trinajstić information content (AvgIpc) is 3.43. The molecule has 3 aliphatic heterocycles. The zero-order chi connectivity index (χ0) is 21.2. The van der Waals surface area contributed by atoms with E-state index in [2.05, 4.69) is 21.9 Å². The smallest absolute Gasteiger partial charge is 0.277 e. The molecule has 160 valence electrons. The molecule has 2 saturated heterocycles. The van der Waals surface area contributed by atoms with Gasteiger partial charge in [-0.1, -0.05) is 48.5 Å². The highest BCUT2D eigenvalue weighted by molar-refractivity contribution is 6.35. The lowest BCUT2D eigenvalue weighted by atomic mass is 10.0. The quantitative estimate of drug-likeness (QED) is 0.701. The summed E-state index contributed by atoms with van der Waals surface area (Å²) >= 11 is 0. The van der Waals surface area contributed by atoms with E-state index < -0.39 is 0 Å². The molecular weight excluding hydrogens is 390 g/mol. The van der Waals surface area contributed by atoms with Crippen molar-refractivity contribution in [1.82, 2.24) is 9.80 Å². The Balaban J connectivity index is 1.41. The fourth-order valence-corrected chi connectivity index (χ4v) is 4.71. The van der Waals surface area contributed by atoms with Crippen LogP contribution in [-0.2, 0) is 14.3 Å². The minimum atomic E-state index is -0.202. The lowest BCUT2D eigenvalue weighted by Gasteiger charge is -2.37. The third-order valence-electron chi connectivity index (χ3n) is 6.33. The molecule has 1 atom stereocenters. The van der Waals surface area contributed by atoms with Crippen LogP contribution in [0.2, 0.25) is 0 Å². The molecule has 0 spiro atoms. The van der Waals surface area contributed by atoms with Crippen molar-refractivity contribution in [2.75, 3.05) is 44.2 Å². The number of nitrogens with zero attached hydrogens (tertiary/aromatic N) is 3. The first kappa shape index (κ1) is 19.8. The summed E-state index contributed by atoms with van der Waals surface area (Å²) in [6, 6.07) is 19.9. The summed E-state index contributed by atoms with van der Waals surface area (Å²) in [5, 5.41) is 0. The number of ether oxygens (including phenoxy) is 1. The number of carbonyl (C=O) groups excluding carboxylic acids is 2. The molecule has 5 rings (SSSR count). The van der Waals surface area contributed by atoms with Crippen LogP contribution in [-0.4, -0.2) is 67.0 Å². The number of anilines is 1. The fraction of sp³-hybridized carbons (Fsp3) is 0.360. The second-order valence-electron chi connectivity index (χ2n) is 8.26. The predicted octanol–water partition coefficient (Wildman–Crippen LogP) is 2.77. The van der Waals surface area contributed by atoms with Crippen molar-refractivity contribution in [1.29, 1.82) is 0 Å². The number of amides is 2. The largest absolute Gasteiger partial charge is 0.376 e. The molecule has 1 unspecified atom stereocenters. The van der Waals surface area contributed by atoms with Gasteiger partial charge in [-0.3, -0.25) is 14.5 Å². The molecule has 6 heteroatoms. The predicted molar refractivity (Wildman–Crippen MR) is 119 cm³/mol. The molecule has 0 N–H and O–H groups in total. The lowest BCUT2D eigenvalue weighted by Crippen LogP contribution is -2.48. The molecule has 2 fully saturated rings. The van der Waals surface area contributed by atoms with Crippen molar-refractivity contribution in [2.24, 2.45) is 0 Å².